The van der Waals surface area contributed by atoms with E-state index in [1.807, 2.05) is 30.3 Å². The molecule has 0 spiro atoms. The van der Waals surface area contributed by atoms with E-state index in [1.54, 1.807) is 0 Å². The van der Waals surface area contributed by atoms with Crippen molar-refractivity contribution < 1.29 is 14.1 Å². The van der Waals surface area contributed by atoms with Gasteiger partial charge in [-0.3, -0.25) is 14.5 Å². The predicted octanol–water partition coefficient (Wildman–Crippen LogP) is 1.53. The number of hydrogen-bond donors (Lipinski definition) is 2. The first-order valence-corrected chi connectivity index (χ1v) is 10.4. The summed E-state index contributed by atoms with van der Waals surface area (Å²) in [5, 5.41) is 9.77. The average molecular weight is 397 g/mol. The zero-order valence-corrected chi connectivity index (χ0v) is 16.5. The first kappa shape index (κ1) is 19.6. The molecule has 1 unspecified atom stereocenters. The van der Waals surface area contributed by atoms with Crippen molar-refractivity contribution in [1.29, 1.82) is 0 Å². The fourth-order valence-electron chi connectivity index (χ4n) is 4.23. The molecule has 1 saturated carbocycles. The molecule has 29 heavy (non-hydrogen) atoms. The molecule has 2 N–H and O–H groups in total. The van der Waals surface area contributed by atoms with E-state index in [1.165, 1.54) is 12.8 Å². The Hall–Kier alpha value is -2.74. The lowest BCUT2D eigenvalue weighted by Gasteiger charge is -2.38. The van der Waals surface area contributed by atoms with Crippen LogP contribution in [0.3, 0.4) is 0 Å². The van der Waals surface area contributed by atoms with Crippen LogP contribution in [0.5, 0.6) is 0 Å². The van der Waals surface area contributed by atoms with Crippen LogP contribution in [-0.4, -0.2) is 58.6 Å². The maximum atomic E-state index is 12.4. The lowest BCUT2D eigenvalue weighted by molar-refractivity contribution is -0.135. The van der Waals surface area contributed by atoms with Crippen molar-refractivity contribution >= 4 is 11.8 Å². The topological polar surface area (TPSA) is 100 Å². The minimum atomic E-state index is -0.375. The highest BCUT2D eigenvalue weighted by atomic mass is 16.5. The molecular weight excluding hydrogens is 370 g/mol. The van der Waals surface area contributed by atoms with Crippen molar-refractivity contribution in [1.82, 2.24) is 25.7 Å². The van der Waals surface area contributed by atoms with Gasteiger partial charge in [-0.05, 0) is 12.8 Å². The molecule has 4 rings (SSSR count). The largest absolute Gasteiger partial charge is 0.356 e. The third kappa shape index (κ3) is 4.82. The number of benzene rings is 1. The van der Waals surface area contributed by atoms with Gasteiger partial charge in [0.05, 0.1) is 12.5 Å². The molecule has 1 aromatic heterocycles. The summed E-state index contributed by atoms with van der Waals surface area (Å²) in [5.74, 6) is 0.853. The van der Waals surface area contributed by atoms with Crippen molar-refractivity contribution in [2.75, 3.05) is 19.6 Å². The van der Waals surface area contributed by atoms with Gasteiger partial charge in [-0.1, -0.05) is 48.3 Å². The number of aromatic nitrogens is 2. The lowest BCUT2D eigenvalue weighted by atomic mass is 10.0. The van der Waals surface area contributed by atoms with Crippen LogP contribution in [-0.2, 0) is 16.0 Å². The number of rotatable bonds is 7. The molecule has 2 fully saturated rings. The normalized spacial score (nSPS) is 20.6. The summed E-state index contributed by atoms with van der Waals surface area (Å²) < 4.78 is 5.27. The Bertz CT molecular complexity index is 832. The molecule has 2 aliphatic rings. The van der Waals surface area contributed by atoms with Crippen molar-refractivity contribution in [3.8, 4) is 11.4 Å². The van der Waals surface area contributed by atoms with E-state index < -0.39 is 0 Å². The van der Waals surface area contributed by atoms with Gasteiger partial charge >= 0.3 is 0 Å². The van der Waals surface area contributed by atoms with Gasteiger partial charge in [0.15, 0.2) is 0 Å². The first-order chi connectivity index (χ1) is 14.2. The molecule has 2 aromatic rings. The van der Waals surface area contributed by atoms with Crippen LogP contribution in [0.15, 0.2) is 34.9 Å². The fraction of sp³-hybridized carbons (Fsp3) is 0.524. The van der Waals surface area contributed by atoms with Crippen LogP contribution < -0.4 is 10.6 Å². The van der Waals surface area contributed by atoms with Gasteiger partial charge in [-0.25, -0.2) is 0 Å². The second-order valence-corrected chi connectivity index (χ2v) is 7.66. The third-order valence-corrected chi connectivity index (χ3v) is 5.71. The molecule has 0 radical (unpaired) electrons. The number of amides is 2. The second kappa shape index (κ2) is 9.17. The summed E-state index contributed by atoms with van der Waals surface area (Å²) in [6.07, 6.45) is 5.28. The lowest BCUT2D eigenvalue weighted by Crippen LogP contribution is -2.59. The molecule has 8 nitrogen and oxygen atoms in total. The molecule has 8 heteroatoms. The number of carbonyl (C=O) groups is 2. The van der Waals surface area contributed by atoms with E-state index in [9.17, 15) is 9.59 Å². The van der Waals surface area contributed by atoms with E-state index in [0.29, 0.717) is 37.3 Å². The Kier molecular flexibility index (Phi) is 6.19. The molecule has 0 bridgehead atoms. The van der Waals surface area contributed by atoms with Gasteiger partial charge in [0.2, 0.25) is 23.5 Å². The van der Waals surface area contributed by atoms with E-state index >= 15 is 0 Å². The molecule has 1 aliphatic heterocycles. The second-order valence-electron chi connectivity index (χ2n) is 7.66. The highest BCUT2D eigenvalue weighted by Crippen LogP contribution is 2.26. The van der Waals surface area contributed by atoms with Gasteiger partial charge in [0.25, 0.3) is 0 Å². The fourth-order valence-corrected chi connectivity index (χ4v) is 4.23. The van der Waals surface area contributed by atoms with Crippen LogP contribution >= 0.6 is 0 Å². The highest BCUT2D eigenvalue weighted by molar-refractivity contribution is 5.88. The number of nitrogens with zero attached hydrogens (tertiary/aromatic N) is 3. The third-order valence-electron chi connectivity index (χ3n) is 5.71. The van der Waals surface area contributed by atoms with E-state index in [2.05, 4.69) is 25.7 Å². The van der Waals surface area contributed by atoms with Crippen LogP contribution in [0.2, 0.25) is 0 Å². The Morgan fingerprint density at radius 2 is 2.03 bits per heavy atom. The molecule has 1 aliphatic carbocycles. The number of hydrogen-bond acceptors (Lipinski definition) is 6. The number of nitrogens with one attached hydrogen (secondary N) is 2. The maximum Gasteiger partial charge on any atom is 0.237 e. The summed E-state index contributed by atoms with van der Waals surface area (Å²) >= 11 is 0. The van der Waals surface area contributed by atoms with Crippen molar-refractivity contribution in [2.45, 2.75) is 50.6 Å². The van der Waals surface area contributed by atoms with Gasteiger partial charge in [0, 0.05) is 37.7 Å². The molecule has 1 aromatic carbocycles. The van der Waals surface area contributed by atoms with Crippen molar-refractivity contribution in [3.05, 3.63) is 36.2 Å². The smallest absolute Gasteiger partial charge is 0.237 e. The summed E-state index contributed by atoms with van der Waals surface area (Å²) in [4.78, 5) is 31.4. The highest BCUT2D eigenvalue weighted by Gasteiger charge is 2.36. The number of carbonyl (C=O) groups excluding carboxylic acids is 2. The first-order valence-electron chi connectivity index (χ1n) is 10.4. The quantitative estimate of drug-likeness (QED) is 0.735. The summed E-state index contributed by atoms with van der Waals surface area (Å²) in [6, 6.07) is 9.65. The van der Waals surface area contributed by atoms with Gasteiger partial charge in [0.1, 0.15) is 0 Å². The minimum absolute atomic E-state index is 0.0392. The van der Waals surface area contributed by atoms with Crippen LogP contribution in [0.1, 0.15) is 38.0 Å². The SMILES string of the molecule is O=C(CC1C(=O)NCCN1C1CCCC1)NCCc1nc(-c2ccccc2)no1. The Balaban J connectivity index is 1.27. The van der Waals surface area contributed by atoms with Gasteiger partial charge in [-0.15, -0.1) is 0 Å². The van der Waals surface area contributed by atoms with Crippen molar-refractivity contribution in [3.63, 3.8) is 0 Å². The van der Waals surface area contributed by atoms with E-state index in [0.717, 1.165) is 24.9 Å². The average Bonchev–Trinajstić information content (AvgIpc) is 3.42. The summed E-state index contributed by atoms with van der Waals surface area (Å²) in [7, 11) is 0. The molecule has 1 atom stereocenters. The van der Waals surface area contributed by atoms with E-state index in [-0.39, 0.29) is 24.3 Å². The molecule has 154 valence electrons. The Morgan fingerprint density at radius 3 is 2.83 bits per heavy atom. The zero-order chi connectivity index (χ0) is 20.1. The minimum Gasteiger partial charge on any atom is -0.356 e. The van der Waals surface area contributed by atoms with Gasteiger partial charge in [-0.2, -0.15) is 4.98 Å². The van der Waals surface area contributed by atoms with Gasteiger partial charge < -0.3 is 15.2 Å². The molecule has 2 amide bonds. The molecule has 2 heterocycles. The standard InChI is InChI=1S/C21H27N5O3/c27-18(14-17-21(28)23-12-13-26(17)16-8-4-5-9-16)22-11-10-19-24-20(25-29-19)15-6-2-1-3-7-15/h1-3,6-7,16-17H,4-5,8-14H2,(H,22,27)(H,23,28). The predicted molar refractivity (Wildman–Crippen MR) is 107 cm³/mol. The summed E-state index contributed by atoms with van der Waals surface area (Å²) in [6.45, 7) is 1.87. The Labute approximate surface area is 170 Å². The van der Waals surface area contributed by atoms with Crippen LogP contribution in [0, 0.1) is 0 Å². The Morgan fingerprint density at radius 1 is 1.24 bits per heavy atom. The summed E-state index contributed by atoms with van der Waals surface area (Å²) in [5.41, 5.74) is 0.891. The molecular formula is C21H27N5O3. The number of piperazine rings is 1. The van der Waals surface area contributed by atoms with Crippen LogP contribution in [0.25, 0.3) is 11.4 Å². The zero-order valence-electron chi connectivity index (χ0n) is 16.5. The monoisotopic (exact) mass is 397 g/mol. The van der Waals surface area contributed by atoms with Crippen molar-refractivity contribution in [2.24, 2.45) is 0 Å². The molecule has 1 saturated heterocycles. The van der Waals surface area contributed by atoms with E-state index in [4.69, 9.17) is 4.52 Å². The maximum absolute atomic E-state index is 12.4. The van der Waals surface area contributed by atoms with Crippen LogP contribution in [0.4, 0.5) is 0 Å².